The zero-order valence-electron chi connectivity index (χ0n) is 45.4. The summed E-state index contributed by atoms with van der Waals surface area (Å²) < 4.78 is 5.29. The topological polar surface area (TPSA) is 117 Å². The molecule has 7 heteroatoms. The molecule has 3 N–H and O–H groups in total. The third-order valence-electron chi connectivity index (χ3n) is 16.7. The van der Waals surface area contributed by atoms with Gasteiger partial charge in [0.25, 0.3) is 5.84 Å². The van der Waals surface area contributed by atoms with Crippen LogP contribution in [0.4, 0.5) is 0 Å². The van der Waals surface area contributed by atoms with Crippen LogP contribution in [-0.2, 0) is 4.79 Å². The quantitative estimate of drug-likeness (QED) is 0.132. The molecule has 5 aliphatic carbocycles. The fraction of sp³-hybridized carbons (Fsp3) is 0.661. The molecular formula is C62H98N5O2+. The van der Waals surface area contributed by atoms with Crippen molar-refractivity contribution in [3.63, 3.8) is 0 Å². The van der Waals surface area contributed by atoms with Crippen LogP contribution in [0.3, 0.4) is 0 Å². The first kappa shape index (κ1) is 59.1. The number of aromatic nitrogens is 1. The number of hydrogen-bond acceptors (Lipinski definition) is 6. The number of nitriles is 1. The van der Waals surface area contributed by atoms with E-state index in [2.05, 4.69) is 84.2 Å². The van der Waals surface area contributed by atoms with Crippen LogP contribution in [0.15, 0.2) is 77.7 Å². The highest BCUT2D eigenvalue weighted by Crippen LogP contribution is 2.72. The van der Waals surface area contributed by atoms with E-state index < -0.39 is 5.41 Å². The van der Waals surface area contributed by atoms with Gasteiger partial charge in [0, 0.05) is 30.0 Å². The highest BCUT2D eigenvalue weighted by molar-refractivity contribution is 6.15. The second-order valence-electron chi connectivity index (χ2n) is 22.4. The molecule has 1 aromatic carbocycles. The van der Waals surface area contributed by atoms with Gasteiger partial charge in [0.05, 0.1) is 30.4 Å². The van der Waals surface area contributed by atoms with E-state index in [1.807, 2.05) is 70.7 Å². The van der Waals surface area contributed by atoms with Crippen LogP contribution >= 0.6 is 0 Å². The maximum absolute atomic E-state index is 10.2. The molecule has 2 aromatic rings. The van der Waals surface area contributed by atoms with Gasteiger partial charge < -0.3 is 15.6 Å². The normalized spacial score (nSPS) is 27.9. The lowest BCUT2D eigenvalue weighted by molar-refractivity contribution is -0.150. The van der Waals surface area contributed by atoms with Crippen LogP contribution in [0.5, 0.6) is 0 Å². The number of aryl methyl sites for hydroxylation is 1. The lowest BCUT2D eigenvalue weighted by atomic mass is 9.39. The number of nitrogens with two attached hydrogens (primary N) is 1. The van der Waals surface area contributed by atoms with Crippen LogP contribution in [0, 0.1) is 69.5 Å². The lowest BCUT2D eigenvalue weighted by Gasteiger charge is -2.66. The first-order valence-electron chi connectivity index (χ1n) is 27.0. The molecule has 7 nitrogen and oxygen atoms in total. The van der Waals surface area contributed by atoms with E-state index in [1.54, 1.807) is 25.0 Å². The molecule has 0 spiro atoms. The maximum Gasteiger partial charge on any atom is 0.345 e. The third-order valence-corrected chi connectivity index (χ3v) is 16.7. The van der Waals surface area contributed by atoms with Crippen molar-refractivity contribution in [3.05, 3.63) is 100 Å². The highest BCUT2D eigenvalue weighted by Gasteiger charge is 2.63. The van der Waals surface area contributed by atoms with Gasteiger partial charge in [-0.15, -0.1) is 0 Å². The molecule has 1 aromatic heterocycles. The summed E-state index contributed by atoms with van der Waals surface area (Å²) in [5.74, 6) is 6.82. The highest BCUT2D eigenvalue weighted by atomic mass is 16.3. The van der Waals surface area contributed by atoms with Gasteiger partial charge in [-0.2, -0.15) is 5.26 Å². The molecular weight excluding hydrogens is 847 g/mol. The Balaban J connectivity index is 0.000000457. The summed E-state index contributed by atoms with van der Waals surface area (Å²) in [6.45, 7) is 35.5. The molecule has 0 radical (unpaired) electrons. The summed E-state index contributed by atoms with van der Waals surface area (Å²) in [7, 11) is 0. The van der Waals surface area contributed by atoms with Crippen molar-refractivity contribution < 1.29 is 9.90 Å². The molecule has 6 aliphatic rings. The van der Waals surface area contributed by atoms with Gasteiger partial charge in [-0.05, 0) is 152 Å². The van der Waals surface area contributed by atoms with Crippen molar-refractivity contribution in [2.75, 3.05) is 13.1 Å². The van der Waals surface area contributed by atoms with Crippen LogP contribution in [0.1, 0.15) is 216 Å². The predicted octanol–water partition coefficient (Wildman–Crippen LogP) is 15.4. The molecule has 69 heavy (non-hydrogen) atoms. The van der Waals surface area contributed by atoms with Crippen molar-refractivity contribution >= 4 is 18.0 Å². The van der Waals surface area contributed by atoms with Crippen LogP contribution in [-0.4, -0.2) is 46.0 Å². The van der Waals surface area contributed by atoms with E-state index in [-0.39, 0.29) is 18.6 Å². The molecule has 4 saturated carbocycles. The van der Waals surface area contributed by atoms with E-state index in [1.165, 1.54) is 87.6 Å². The number of rotatable bonds is 11. The molecule has 1 aliphatic heterocycles. The molecule has 7 atom stereocenters. The Bertz CT molecular complexity index is 2170. The lowest BCUT2D eigenvalue weighted by Crippen LogP contribution is -2.58. The third kappa shape index (κ3) is 13.0. The number of aldehydes is 1. The number of aliphatic hydroxyl groups is 1. The molecule has 2 heterocycles. The number of fused-ring (bicyclic) bond motifs is 7. The standard InChI is InChI=1S/C42H63N4.C8H7N.C7H12O2.2C2H6.CH4/c1-8-11-29-24-42(25-36-45-39(46(36)23-22-43)34-15-13-30(26-44-34)27(2)3)21-18-33-32(38(42)37(29)28(4)5)14-16-35-40(6)19-10-9-12-31(40)17-20-41(33,35)7;1-7-2-4-8(6-9)5-3-7;1-6(9)4-7(2,3)5-8;2*1-2;/h11,13,15,26-28,31-33,35H,8-10,12,14,16-25,43H2,1-7H3;2-5H,1H3;5,9H,1,4H2,2-3H3;2*1-2H3;1H4/q+1;;;;;/b29-11-;;;;;. The molecule has 7 unspecified atom stereocenters. The van der Waals surface area contributed by atoms with E-state index in [0.29, 0.717) is 35.6 Å². The Hall–Kier alpha value is -4.24. The average molecular weight is 945 g/mol. The van der Waals surface area contributed by atoms with Crippen molar-refractivity contribution in [2.24, 2.45) is 57.0 Å². The molecule has 0 bridgehead atoms. The molecule has 8 rings (SSSR count). The summed E-state index contributed by atoms with van der Waals surface area (Å²) in [4.78, 5) is 17.5. The van der Waals surface area contributed by atoms with Gasteiger partial charge in [-0.1, -0.05) is 152 Å². The van der Waals surface area contributed by atoms with Crippen molar-refractivity contribution in [1.82, 2.24) is 14.6 Å². The second-order valence-corrected chi connectivity index (χ2v) is 22.4. The van der Waals surface area contributed by atoms with Crippen molar-refractivity contribution in [2.45, 2.75) is 200 Å². The van der Waals surface area contributed by atoms with Gasteiger partial charge in [-0.25, -0.2) is 14.6 Å². The number of allylic oxidation sites excluding steroid dienone is 5. The Morgan fingerprint density at radius 3 is 2.19 bits per heavy atom. The second kappa shape index (κ2) is 25.7. The Morgan fingerprint density at radius 2 is 1.65 bits per heavy atom. The smallest absolute Gasteiger partial charge is 0.345 e. The van der Waals surface area contributed by atoms with E-state index in [0.717, 1.165) is 66.4 Å². The van der Waals surface area contributed by atoms with E-state index in [4.69, 9.17) is 25.8 Å². The van der Waals surface area contributed by atoms with Crippen LogP contribution < -0.4 is 10.4 Å². The average Bonchev–Trinajstić information content (AvgIpc) is 3.65. The zero-order valence-corrected chi connectivity index (χ0v) is 45.4. The number of amidine groups is 2. The predicted molar refractivity (Wildman–Crippen MR) is 295 cm³/mol. The number of nitrogens with zero attached hydrogens (tertiary/aromatic N) is 4. The minimum atomic E-state index is -0.466. The summed E-state index contributed by atoms with van der Waals surface area (Å²) in [5.41, 5.74) is 16.5. The number of benzene rings is 1. The monoisotopic (exact) mass is 945 g/mol. The van der Waals surface area contributed by atoms with Gasteiger partial charge >= 0.3 is 5.84 Å². The van der Waals surface area contributed by atoms with Crippen LogP contribution in [0.25, 0.3) is 0 Å². The fourth-order valence-electron chi connectivity index (χ4n) is 13.8. The van der Waals surface area contributed by atoms with E-state index in [9.17, 15) is 4.79 Å². The SMILES string of the molecule is C.C=C(O)CC(C)(C)C=O.CC.CC.CC/C=C1/CC2(CC3=[N+]=C(c4ccc(C(C)C)cn4)N3CCN)CCC3C(CCC4C5(C)CCCCC5CCC34C)C2=C1C(C)C.Cc1ccc(C#N)cc1. The number of pyridine rings is 1. The summed E-state index contributed by atoms with van der Waals surface area (Å²) >= 11 is 0. The Kier molecular flexibility index (Phi) is 22.0. The van der Waals surface area contributed by atoms with Crippen molar-refractivity contribution in [1.29, 1.82) is 5.26 Å². The molecule has 4 fully saturated rings. The Labute approximate surface area is 422 Å². The van der Waals surface area contributed by atoms with Crippen LogP contribution in [0.2, 0.25) is 0 Å². The van der Waals surface area contributed by atoms with E-state index >= 15 is 0 Å². The zero-order chi connectivity index (χ0) is 50.6. The fourth-order valence-corrected chi connectivity index (χ4v) is 13.8. The first-order chi connectivity index (χ1) is 32.4. The van der Waals surface area contributed by atoms with Gasteiger partial charge in [0.1, 0.15) is 6.29 Å². The first-order valence-corrected chi connectivity index (χ1v) is 27.0. The Morgan fingerprint density at radius 1 is 0.971 bits per heavy atom. The maximum atomic E-state index is 10.2. The number of aliphatic hydroxyl groups excluding tert-OH is 1. The molecule has 382 valence electrons. The summed E-state index contributed by atoms with van der Waals surface area (Å²) in [6, 6.07) is 13.9. The van der Waals surface area contributed by atoms with Crippen molar-refractivity contribution in [3.8, 4) is 6.07 Å². The largest absolute Gasteiger partial charge is 0.513 e. The minimum absolute atomic E-state index is 0. The summed E-state index contributed by atoms with van der Waals surface area (Å²) in [6.07, 6.45) is 23.6. The summed E-state index contributed by atoms with van der Waals surface area (Å²) in [5, 5.41) is 17.0. The molecule has 0 amide bonds. The van der Waals surface area contributed by atoms with Gasteiger partial charge in [0.2, 0.25) is 0 Å². The number of carbonyl (C=O) groups is 1. The minimum Gasteiger partial charge on any atom is -0.513 e. The molecule has 0 saturated heterocycles. The van der Waals surface area contributed by atoms with Gasteiger partial charge in [-0.3, -0.25) is 0 Å². The van der Waals surface area contributed by atoms with Gasteiger partial charge in [0.15, 0.2) is 5.69 Å². The number of hydrogen-bond donors (Lipinski definition) is 2. The number of carbonyl (C=O) groups excluding carboxylic acids is 1.